The van der Waals surface area contributed by atoms with E-state index in [9.17, 15) is 0 Å². The zero-order valence-corrected chi connectivity index (χ0v) is 15.6. The number of piperazine rings is 1. The molecule has 2 nitrogen and oxygen atoms in total. The van der Waals surface area contributed by atoms with E-state index < -0.39 is 0 Å². The topological polar surface area (TPSA) is 15.3 Å². The van der Waals surface area contributed by atoms with Crippen LogP contribution in [0.5, 0.6) is 0 Å². The van der Waals surface area contributed by atoms with Crippen molar-refractivity contribution in [1.82, 2.24) is 5.32 Å². The summed E-state index contributed by atoms with van der Waals surface area (Å²) in [4.78, 5) is 2.65. The maximum atomic E-state index is 3.84. The highest BCUT2D eigenvalue weighted by molar-refractivity contribution is 9.10. The van der Waals surface area contributed by atoms with Gasteiger partial charge in [-0.05, 0) is 49.4 Å². The van der Waals surface area contributed by atoms with Gasteiger partial charge in [0.25, 0.3) is 0 Å². The Hall–Kier alpha value is -0.540. The number of halogens is 1. The van der Waals surface area contributed by atoms with Crippen LogP contribution in [-0.4, -0.2) is 24.7 Å². The second kappa shape index (κ2) is 6.70. The molecule has 0 aliphatic carbocycles. The fraction of sp³-hybridized carbons (Fsp3) is 0.667. The number of nitrogens with one attached hydrogen (secondary N) is 1. The summed E-state index contributed by atoms with van der Waals surface area (Å²) in [6.45, 7) is 13.7. The highest BCUT2D eigenvalue weighted by atomic mass is 79.9. The molecule has 1 atom stereocenters. The third-order valence-corrected chi connectivity index (χ3v) is 5.64. The van der Waals surface area contributed by atoms with Crippen LogP contribution in [0.2, 0.25) is 0 Å². The molecule has 118 valence electrons. The summed E-state index contributed by atoms with van der Waals surface area (Å²) in [5.74, 6) is 0.646. The molecule has 0 radical (unpaired) electrons. The van der Waals surface area contributed by atoms with E-state index in [1.54, 1.807) is 0 Å². The average molecular weight is 353 g/mol. The van der Waals surface area contributed by atoms with Gasteiger partial charge in [-0.3, -0.25) is 0 Å². The van der Waals surface area contributed by atoms with Crippen molar-refractivity contribution in [2.24, 2.45) is 5.92 Å². The number of rotatable bonds is 4. The molecular formula is C18H29BrN2. The molecule has 0 bridgehead atoms. The van der Waals surface area contributed by atoms with Crippen molar-refractivity contribution in [3.8, 4) is 0 Å². The molecule has 0 saturated carbocycles. The first-order valence-electron chi connectivity index (χ1n) is 8.20. The molecule has 1 aromatic carbocycles. The zero-order chi connectivity index (χ0) is 15.6. The molecule has 3 heteroatoms. The Labute approximate surface area is 138 Å². The van der Waals surface area contributed by atoms with E-state index in [1.165, 1.54) is 24.1 Å². The Kier molecular flexibility index (Phi) is 5.37. The Balaban J connectivity index is 2.38. The smallest absolute Gasteiger partial charge is 0.0438 e. The number of anilines is 1. The van der Waals surface area contributed by atoms with Gasteiger partial charge in [0.15, 0.2) is 0 Å². The molecule has 21 heavy (non-hydrogen) atoms. The lowest BCUT2D eigenvalue weighted by molar-refractivity contribution is 0.227. The van der Waals surface area contributed by atoms with E-state index in [0.29, 0.717) is 12.0 Å². The maximum Gasteiger partial charge on any atom is 0.0438 e. The Morgan fingerprint density at radius 2 is 2.00 bits per heavy atom. The van der Waals surface area contributed by atoms with Gasteiger partial charge < -0.3 is 10.2 Å². The zero-order valence-electron chi connectivity index (χ0n) is 14.0. The molecule has 0 amide bonds. The van der Waals surface area contributed by atoms with Crippen LogP contribution in [0, 0.1) is 12.8 Å². The van der Waals surface area contributed by atoms with Gasteiger partial charge in [0.2, 0.25) is 0 Å². The second-order valence-corrected chi connectivity index (χ2v) is 7.65. The Morgan fingerprint density at radius 3 is 2.52 bits per heavy atom. The van der Waals surface area contributed by atoms with Crippen LogP contribution < -0.4 is 10.2 Å². The summed E-state index contributed by atoms with van der Waals surface area (Å²) in [5, 5.41) is 3.84. The molecule has 0 spiro atoms. The Bertz CT molecular complexity index is 480. The summed E-state index contributed by atoms with van der Waals surface area (Å²) >= 11 is 3.58. The van der Waals surface area contributed by atoms with Gasteiger partial charge in [0, 0.05) is 34.8 Å². The number of nitrogens with zero attached hydrogens (tertiary/aromatic N) is 1. The lowest BCUT2D eigenvalue weighted by Gasteiger charge is -2.50. The summed E-state index contributed by atoms with van der Waals surface area (Å²) in [5.41, 5.74) is 3.01. The van der Waals surface area contributed by atoms with Crippen LogP contribution in [-0.2, 0) is 0 Å². The van der Waals surface area contributed by atoms with Crippen molar-refractivity contribution in [1.29, 1.82) is 0 Å². The molecule has 1 aliphatic heterocycles. The number of hydrogen-bond donors (Lipinski definition) is 1. The van der Waals surface area contributed by atoms with Crippen molar-refractivity contribution < 1.29 is 0 Å². The van der Waals surface area contributed by atoms with Gasteiger partial charge in [0.1, 0.15) is 0 Å². The lowest BCUT2D eigenvalue weighted by atomic mass is 9.85. The fourth-order valence-corrected chi connectivity index (χ4v) is 3.93. The van der Waals surface area contributed by atoms with Gasteiger partial charge in [-0.15, -0.1) is 0 Å². The lowest BCUT2D eigenvalue weighted by Crippen LogP contribution is -2.65. The van der Waals surface area contributed by atoms with Gasteiger partial charge in [-0.1, -0.05) is 43.6 Å². The second-order valence-electron chi connectivity index (χ2n) is 6.74. The minimum atomic E-state index is 0.255. The first kappa shape index (κ1) is 16.8. The maximum absolute atomic E-state index is 3.84. The number of hydrogen-bond acceptors (Lipinski definition) is 2. The highest BCUT2D eigenvalue weighted by Crippen LogP contribution is 2.33. The van der Waals surface area contributed by atoms with Gasteiger partial charge in [0.05, 0.1) is 0 Å². The van der Waals surface area contributed by atoms with Crippen LogP contribution in [0.3, 0.4) is 0 Å². The van der Waals surface area contributed by atoms with Crippen LogP contribution in [0.1, 0.15) is 46.1 Å². The summed E-state index contributed by atoms with van der Waals surface area (Å²) in [7, 11) is 0. The van der Waals surface area contributed by atoms with Crippen molar-refractivity contribution in [3.05, 3.63) is 28.2 Å². The van der Waals surface area contributed by atoms with Crippen molar-refractivity contribution >= 4 is 21.6 Å². The summed E-state index contributed by atoms with van der Waals surface area (Å²) < 4.78 is 1.16. The first-order valence-corrected chi connectivity index (χ1v) is 8.99. The average Bonchev–Trinajstić information content (AvgIpc) is 2.46. The van der Waals surface area contributed by atoms with E-state index in [1.807, 2.05) is 0 Å². The standard InChI is InChI=1S/C18H29BrN2/c1-6-18(7-2)12-21(17(11-20-18)13(3)4)16-9-8-15(19)10-14(16)5/h8-10,13,17,20H,6-7,11-12H2,1-5H3. The van der Waals surface area contributed by atoms with E-state index in [-0.39, 0.29) is 5.54 Å². The summed E-state index contributed by atoms with van der Waals surface area (Å²) in [6.07, 6.45) is 2.36. The van der Waals surface area contributed by atoms with Gasteiger partial charge in [-0.25, -0.2) is 0 Å². The van der Waals surface area contributed by atoms with Crippen LogP contribution in [0.15, 0.2) is 22.7 Å². The first-order chi connectivity index (χ1) is 9.92. The molecule has 1 aliphatic rings. The SMILES string of the molecule is CCC1(CC)CN(c2ccc(Br)cc2C)C(C(C)C)CN1. The van der Waals surface area contributed by atoms with Crippen molar-refractivity contribution in [2.75, 3.05) is 18.0 Å². The van der Waals surface area contributed by atoms with E-state index in [2.05, 4.69) is 79.0 Å². The highest BCUT2D eigenvalue weighted by Gasteiger charge is 2.38. The van der Waals surface area contributed by atoms with Gasteiger partial charge >= 0.3 is 0 Å². The molecule has 1 heterocycles. The number of benzene rings is 1. The molecule has 1 aromatic rings. The van der Waals surface area contributed by atoms with Gasteiger partial charge in [-0.2, -0.15) is 0 Å². The minimum absolute atomic E-state index is 0.255. The van der Waals surface area contributed by atoms with E-state index in [4.69, 9.17) is 0 Å². The quantitative estimate of drug-likeness (QED) is 0.840. The molecule has 1 N–H and O–H groups in total. The summed E-state index contributed by atoms with van der Waals surface area (Å²) in [6, 6.07) is 7.24. The molecular weight excluding hydrogens is 324 g/mol. The fourth-order valence-electron chi connectivity index (χ4n) is 3.45. The molecule has 2 rings (SSSR count). The van der Waals surface area contributed by atoms with Crippen LogP contribution >= 0.6 is 15.9 Å². The van der Waals surface area contributed by atoms with E-state index in [0.717, 1.165) is 17.6 Å². The molecule has 1 saturated heterocycles. The van der Waals surface area contributed by atoms with Crippen LogP contribution in [0.25, 0.3) is 0 Å². The van der Waals surface area contributed by atoms with Crippen LogP contribution in [0.4, 0.5) is 5.69 Å². The third-order valence-electron chi connectivity index (χ3n) is 5.15. The predicted octanol–water partition coefficient (Wildman–Crippen LogP) is 4.75. The largest absolute Gasteiger partial charge is 0.365 e. The molecule has 1 unspecified atom stereocenters. The van der Waals surface area contributed by atoms with Crippen molar-refractivity contribution in [2.45, 2.75) is 59.0 Å². The number of aryl methyl sites for hydroxylation is 1. The minimum Gasteiger partial charge on any atom is -0.365 e. The molecule has 0 aromatic heterocycles. The third kappa shape index (κ3) is 3.45. The normalized spacial score (nSPS) is 21.9. The predicted molar refractivity (Wildman–Crippen MR) is 96.2 cm³/mol. The Morgan fingerprint density at radius 1 is 1.33 bits per heavy atom. The van der Waals surface area contributed by atoms with Crippen molar-refractivity contribution in [3.63, 3.8) is 0 Å². The monoisotopic (exact) mass is 352 g/mol. The molecule has 1 fully saturated rings. The van der Waals surface area contributed by atoms with E-state index >= 15 is 0 Å².